The number of nitrogens with zero attached hydrogens (tertiary/aromatic N) is 1. The summed E-state index contributed by atoms with van der Waals surface area (Å²) in [5.74, 6) is 0.714. The molecule has 1 aliphatic rings. The topological polar surface area (TPSA) is 50.8 Å². The predicted octanol–water partition coefficient (Wildman–Crippen LogP) is 2.96. The van der Waals surface area contributed by atoms with E-state index >= 15 is 0 Å². The highest BCUT2D eigenvalue weighted by Crippen LogP contribution is 2.25. The molecule has 1 N–H and O–H groups in total. The van der Waals surface area contributed by atoms with Crippen LogP contribution in [0, 0.1) is 0 Å². The summed E-state index contributed by atoms with van der Waals surface area (Å²) in [6.07, 6.45) is 3.39. The zero-order valence-electron chi connectivity index (χ0n) is 14.9. The summed E-state index contributed by atoms with van der Waals surface area (Å²) >= 11 is 1.73. The number of carbonyl (C=O) groups excluding carboxylic acids is 1. The Balaban J connectivity index is 1.57. The Morgan fingerprint density at radius 1 is 1.31 bits per heavy atom. The van der Waals surface area contributed by atoms with Crippen LogP contribution in [-0.2, 0) is 9.53 Å². The molecule has 1 aliphatic heterocycles. The van der Waals surface area contributed by atoms with Gasteiger partial charge in [-0.05, 0) is 35.2 Å². The maximum Gasteiger partial charge on any atom is 0.244 e. The molecule has 0 aliphatic carbocycles. The molecule has 0 saturated carbocycles. The molecule has 1 saturated heterocycles. The monoisotopic (exact) mass is 372 g/mol. The van der Waals surface area contributed by atoms with Crippen molar-refractivity contribution in [2.24, 2.45) is 0 Å². The first-order chi connectivity index (χ1) is 12.8. The molecule has 5 nitrogen and oxygen atoms in total. The summed E-state index contributed by atoms with van der Waals surface area (Å²) in [4.78, 5) is 15.9. The van der Waals surface area contributed by atoms with Crippen LogP contribution in [0.1, 0.15) is 16.5 Å². The van der Waals surface area contributed by atoms with Crippen LogP contribution in [0.25, 0.3) is 6.08 Å². The molecule has 26 heavy (non-hydrogen) atoms. The fourth-order valence-electron chi connectivity index (χ4n) is 2.92. The van der Waals surface area contributed by atoms with Crippen LogP contribution in [0.2, 0.25) is 0 Å². The number of rotatable bonds is 7. The highest BCUT2D eigenvalue weighted by Gasteiger charge is 2.23. The largest absolute Gasteiger partial charge is 0.497 e. The first-order valence-corrected chi connectivity index (χ1v) is 9.59. The van der Waals surface area contributed by atoms with E-state index in [2.05, 4.69) is 27.7 Å². The number of ether oxygens (including phenoxy) is 2. The van der Waals surface area contributed by atoms with E-state index in [4.69, 9.17) is 9.47 Å². The third-order valence-corrected chi connectivity index (χ3v) is 5.34. The number of hydrogen-bond donors (Lipinski definition) is 1. The summed E-state index contributed by atoms with van der Waals surface area (Å²) in [7, 11) is 1.64. The molecule has 0 spiro atoms. The van der Waals surface area contributed by atoms with Crippen molar-refractivity contribution >= 4 is 23.3 Å². The van der Waals surface area contributed by atoms with Gasteiger partial charge in [0.1, 0.15) is 5.75 Å². The summed E-state index contributed by atoms with van der Waals surface area (Å²) in [6.45, 7) is 3.85. The van der Waals surface area contributed by atoms with Gasteiger partial charge in [0, 0.05) is 30.6 Å². The van der Waals surface area contributed by atoms with Gasteiger partial charge in [-0.15, -0.1) is 11.3 Å². The Morgan fingerprint density at radius 3 is 2.73 bits per heavy atom. The molecule has 1 aromatic carbocycles. The van der Waals surface area contributed by atoms with Gasteiger partial charge in [0.05, 0.1) is 26.4 Å². The van der Waals surface area contributed by atoms with Crippen molar-refractivity contribution in [2.45, 2.75) is 6.04 Å². The van der Waals surface area contributed by atoms with E-state index in [0.717, 1.165) is 37.6 Å². The quantitative estimate of drug-likeness (QED) is 0.759. The van der Waals surface area contributed by atoms with Crippen molar-refractivity contribution < 1.29 is 14.3 Å². The summed E-state index contributed by atoms with van der Waals surface area (Å²) < 4.78 is 10.6. The zero-order valence-corrected chi connectivity index (χ0v) is 15.7. The molecule has 2 heterocycles. The molecular weight excluding hydrogens is 348 g/mol. The molecule has 1 unspecified atom stereocenters. The third kappa shape index (κ3) is 5.17. The lowest BCUT2D eigenvalue weighted by Gasteiger charge is -2.34. The Kier molecular flexibility index (Phi) is 6.82. The van der Waals surface area contributed by atoms with Crippen LogP contribution in [-0.4, -0.2) is 50.8 Å². The molecule has 0 bridgehead atoms. The van der Waals surface area contributed by atoms with E-state index in [-0.39, 0.29) is 11.9 Å². The summed E-state index contributed by atoms with van der Waals surface area (Å²) in [6, 6.07) is 12.0. The third-order valence-electron chi connectivity index (χ3n) is 4.37. The van der Waals surface area contributed by atoms with Crippen molar-refractivity contribution in [1.29, 1.82) is 0 Å². The number of amides is 1. The normalized spacial score (nSPS) is 16.5. The lowest BCUT2D eigenvalue weighted by atomic mass is 10.1. The number of morpholine rings is 1. The Morgan fingerprint density at radius 2 is 2.08 bits per heavy atom. The first kappa shape index (κ1) is 18.6. The van der Waals surface area contributed by atoms with Gasteiger partial charge >= 0.3 is 0 Å². The van der Waals surface area contributed by atoms with Crippen LogP contribution in [0.4, 0.5) is 0 Å². The zero-order chi connectivity index (χ0) is 18.2. The van der Waals surface area contributed by atoms with Gasteiger partial charge < -0.3 is 14.8 Å². The van der Waals surface area contributed by atoms with Gasteiger partial charge in [-0.3, -0.25) is 9.69 Å². The molecular formula is C20H24N2O3S. The van der Waals surface area contributed by atoms with Crippen LogP contribution in [0.15, 0.2) is 47.9 Å². The van der Waals surface area contributed by atoms with Gasteiger partial charge in [0.15, 0.2) is 0 Å². The second kappa shape index (κ2) is 9.52. The fourth-order valence-corrected chi connectivity index (χ4v) is 3.78. The second-order valence-electron chi connectivity index (χ2n) is 6.03. The summed E-state index contributed by atoms with van der Waals surface area (Å²) in [5, 5.41) is 5.11. The molecule has 1 amide bonds. The first-order valence-electron chi connectivity index (χ1n) is 8.71. The Bertz CT molecular complexity index is 707. The standard InChI is InChI=1S/C20H24N2O3S/c1-24-17-7-4-16(5-8-17)6-9-20(23)21-15-18(19-3-2-14-26-19)22-10-12-25-13-11-22/h2-9,14,18H,10-13,15H2,1H3,(H,21,23). The van der Waals surface area contributed by atoms with E-state index in [1.807, 2.05) is 30.3 Å². The number of carbonyl (C=O) groups is 1. The van der Waals surface area contributed by atoms with Crippen molar-refractivity contribution in [3.63, 3.8) is 0 Å². The number of hydrogen-bond acceptors (Lipinski definition) is 5. The molecule has 138 valence electrons. The highest BCUT2D eigenvalue weighted by molar-refractivity contribution is 7.10. The number of benzene rings is 1. The van der Waals surface area contributed by atoms with Crippen LogP contribution >= 0.6 is 11.3 Å². The van der Waals surface area contributed by atoms with E-state index in [0.29, 0.717) is 6.54 Å². The van der Waals surface area contributed by atoms with Crippen molar-refractivity contribution in [3.8, 4) is 5.75 Å². The maximum absolute atomic E-state index is 12.2. The minimum absolute atomic E-state index is 0.0874. The van der Waals surface area contributed by atoms with E-state index in [9.17, 15) is 4.79 Å². The molecule has 3 rings (SSSR count). The van der Waals surface area contributed by atoms with Crippen LogP contribution < -0.4 is 10.1 Å². The fraction of sp³-hybridized carbons (Fsp3) is 0.350. The van der Waals surface area contributed by atoms with Gasteiger partial charge in [-0.1, -0.05) is 18.2 Å². The smallest absolute Gasteiger partial charge is 0.244 e. The molecule has 1 aromatic heterocycles. The van der Waals surface area contributed by atoms with Gasteiger partial charge in [-0.2, -0.15) is 0 Å². The molecule has 6 heteroatoms. The number of methoxy groups -OCH3 is 1. The van der Waals surface area contributed by atoms with Gasteiger partial charge in [0.2, 0.25) is 5.91 Å². The average Bonchev–Trinajstić information content (AvgIpc) is 3.22. The Hall–Kier alpha value is -2.15. The second-order valence-corrected chi connectivity index (χ2v) is 7.01. The van der Waals surface area contributed by atoms with Crippen molar-refractivity contribution in [2.75, 3.05) is 40.0 Å². The van der Waals surface area contributed by atoms with Crippen molar-refractivity contribution in [3.05, 3.63) is 58.3 Å². The predicted molar refractivity (Wildman–Crippen MR) is 104 cm³/mol. The number of thiophene rings is 1. The van der Waals surface area contributed by atoms with E-state index in [1.54, 1.807) is 24.5 Å². The SMILES string of the molecule is COc1ccc(C=CC(=O)NCC(c2cccs2)N2CCOCC2)cc1. The van der Waals surface area contributed by atoms with Crippen LogP contribution in [0.3, 0.4) is 0 Å². The molecule has 1 fully saturated rings. The average molecular weight is 372 g/mol. The lowest BCUT2D eigenvalue weighted by molar-refractivity contribution is -0.116. The van der Waals surface area contributed by atoms with Gasteiger partial charge in [0.25, 0.3) is 0 Å². The lowest BCUT2D eigenvalue weighted by Crippen LogP contribution is -2.43. The van der Waals surface area contributed by atoms with E-state index < -0.39 is 0 Å². The van der Waals surface area contributed by atoms with Crippen molar-refractivity contribution in [1.82, 2.24) is 10.2 Å². The minimum atomic E-state index is -0.0874. The van der Waals surface area contributed by atoms with Crippen LogP contribution in [0.5, 0.6) is 5.75 Å². The van der Waals surface area contributed by atoms with Gasteiger partial charge in [-0.25, -0.2) is 0 Å². The maximum atomic E-state index is 12.2. The molecule has 2 aromatic rings. The molecule has 0 radical (unpaired) electrons. The summed E-state index contributed by atoms with van der Waals surface area (Å²) in [5.41, 5.74) is 0.962. The molecule has 1 atom stereocenters. The highest BCUT2D eigenvalue weighted by atomic mass is 32.1. The Labute approximate surface area is 158 Å². The number of nitrogens with one attached hydrogen (secondary N) is 1. The van der Waals surface area contributed by atoms with E-state index in [1.165, 1.54) is 4.88 Å². The minimum Gasteiger partial charge on any atom is -0.497 e.